The normalized spacial score (nSPS) is 42.0. The molecular weight excluding hydrogens is 110 g/mol. The molecule has 0 amide bonds. The van der Waals surface area contributed by atoms with Crippen molar-refractivity contribution < 1.29 is 4.55 Å². The van der Waals surface area contributed by atoms with Crippen molar-refractivity contribution in [2.75, 3.05) is 11.5 Å². The first-order chi connectivity index (χ1) is 3.29. The van der Waals surface area contributed by atoms with Gasteiger partial charge in [0.15, 0.2) is 0 Å². The van der Waals surface area contributed by atoms with Crippen molar-refractivity contribution in [3.8, 4) is 0 Å². The van der Waals surface area contributed by atoms with E-state index in [1.165, 1.54) is 0 Å². The monoisotopic (exact) mass is 119 g/mol. The minimum Gasteiger partial charge on any atom is -0.616 e. The van der Waals surface area contributed by atoms with Crippen LogP contribution in [0.3, 0.4) is 0 Å². The molecule has 3 heteroatoms. The third kappa shape index (κ3) is 1.33. The summed E-state index contributed by atoms with van der Waals surface area (Å²) >= 11 is -0.578. The lowest BCUT2D eigenvalue weighted by molar-refractivity contribution is 0.600. The molecule has 0 aromatic heterocycles. The Morgan fingerprint density at radius 1 is 1.71 bits per heavy atom. The van der Waals surface area contributed by atoms with Gasteiger partial charge in [-0.15, -0.1) is 0 Å². The van der Waals surface area contributed by atoms with Crippen LogP contribution in [-0.4, -0.2) is 22.1 Å². The number of hydrogen-bond acceptors (Lipinski definition) is 2. The number of hydrogen-bond donors (Lipinski definition) is 1. The summed E-state index contributed by atoms with van der Waals surface area (Å²) in [5.41, 5.74) is 5.43. The van der Waals surface area contributed by atoms with Gasteiger partial charge >= 0.3 is 0 Å². The molecule has 2 N–H and O–H groups in total. The maximum Gasteiger partial charge on any atom is 0.120 e. The van der Waals surface area contributed by atoms with Crippen LogP contribution in [-0.2, 0) is 11.2 Å². The van der Waals surface area contributed by atoms with Gasteiger partial charge in [0, 0.05) is 6.42 Å². The van der Waals surface area contributed by atoms with Gasteiger partial charge in [-0.05, 0) is 0 Å². The predicted molar refractivity (Wildman–Crippen MR) is 30.5 cm³/mol. The molecule has 42 valence electrons. The molecule has 0 spiro atoms. The van der Waals surface area contributed by atoms with Gasteiger partial charge in [0.1, 0.15) is 11.5 Å². The van der Waals surface area contributed by atoms with Crippen LogP contribution in [0.4, 0.5) is 0 Å². The van der Waals surface area contributed by atoms with Gasteiger partial charge in [0.2, 0.25) is 0 Å². The van der Waals surface area contributed by atoms with Crippen molar-refractivity contribution >= 4 is 11.2 Å². The quantitative estimate of drug-likeness (QED) is 0.436. The molecule has 0 aromatic rings. The molecule has 0 aliphatic carbocycles. The molecule has 0 aromatic carbocycles. The molecule has 0 radical (unpaired) electrons. The van der Waals surface area contributed by atoms with Gasteiger partial charge in [0.05, 0.1) is 6.04 Å². The highest BCUT2D eigenvalue weighted by Crippen LogP contribution is 2.07. The Balaban J connectivity index is 2.26. The second kappa shape index (κ2) is 2.03. The summed E-state index contributed by atoms with van der Waals surface area (Å²) in [5, 5.41) is 0. The summed E-state index contributed by atoms with van der Waals surface area (Å²) in [7, 11) is 0. The molecule has 1 rings (SSSR count). The Bertz CT molecular complexity index is 60.7. The Morgan fingerprint density at radius 3 is 2.57 bits per heavy atom. The van der Waals surface area contributed by atoms with Crippen LogP contribution >= 0.6 is 0 Å². The summed E-state index contributed by atoms with van der Waals surface area (Å²) in [6.45, 7) is 0. The summed E-state index contributed by atoms with van der Waals surface area (Å²) < 4.78 is 10.5. The summed E-state index contributed by atoms with van der Waals surface area (Å²) in [5.74, 6) is 1.54. The molecule has 7 heavy (non-hydrogen) atoms. The van der Waals surface area contributed by atoms with Crippen molar-refractivity contribution in [3.05, 3.63) is 0 Å². The van der Waals surface area contributed by atoms with Crippen molar-refractivity contribution in [3.63, 3.8) is 0 Å². The van der Waals surface area contributed by atoms with Crippen molar-refractivity contribution in [1.82, 2.24) is 0 Å². The van der Waals surface area contributed by atoms with E-state index in [0.29, 0.717) is 0 Å². The fourth-order valence-electron chi connectivity index (χ4n) is 0.688. The maximum absolute atomic E-state index is 10.5. The summed E-state index contributed by atoms with van der Waals surface area (Å²) in [6.07, 6.45) is 0.951. The zero-order chi connectivity index (χ0) is 5.28. The first kappa shape index (κ1) is 5.41. The average Bonchev–Trinajstić information content (AvgIpc) is 1.87. The molecule has 1 aliphatic heterocycles. The molecule has 1 aliphatic rings. The fraction of sp³-hybridized carbons (Fsp3) is 1.00. The molecular formula is C4H9NOS. The van der Waals surface area contributed by atoms with Crippen LogP contribution in [0.2, 0.25) is 0 Å². The van der Waals surface area contributed by atoms with E-state index < -0.39 is 11.2 Å². The van der Waals surface area contributed by atoms with Crippen molar-refractivity contribution in [2.45, 2.75) is 12.5 Å². The van der Waals surface area contributed by atoms with Crippen LogP contribution in [0.15, 0.2) is 0 Å². The molecule has 2 atom stereocenters. The highest BCUT2D eigenvalue weighted by molar-refractivity contribution is 7.91. The van der Waals surface area contributed by atoms with Crippen LogP contribution < -0.4 is 5.73 Å². The van der Waals surface area contributed by atoms with Crippen molar-refractivity contribution in [2.24, 2.45) is 5.73 Å². The fourth-order valence-corrected chi connectivity index (χ4v) is 2.06. The second-order valence-corrected chi connectivity index (χ2v) is 3.48. The summed E-state index contributed by atoms with van der Waals surface area (Å²) in [6, 6.07) is 0.223. The predicted octanol–water partition coefficient (Wildman–Crippen LogP) is -0.534. The highest BCUT2D eigenvalue weighted by Gasteiger charge is 2.21. The Morgan fingerprint density at radius 2 is 2.43 bits per heavy atom. The van der Waals surface area contributed by atoms with E-state index in [9.17, 15) is 4.55 Å². The van der Waals surface area contributed by atoms with Crippen LogP contribution in [0.25, 0.3) is 0 Å². The van der Waals surface area contributed by atoms with E-state index in [1.54, 1.807) is 0 Å². The van der Waals surface area contributed by atoms with E-state index in [1.807, 2.05) is 0 Å². The van der Waals surface area contributed by atoms with E-state index in [4.69, 9.17) is 5.73 Å². The van der Waals surface area contributed by atoms with E-state index in [-0.39, 0.29) is 6.04 Å². The zero-order valence-corrected chi connectivity index (χ0v) is 4.91. The zero-order valence-electron chi connectivity index (χ0n) is 4.09. The molecule has 0 unspecified atom stereocenters. The largest absolute Gasteiger partial charge is 0.616 e. The van der Waals surface area contributed by atoms with Gasteiger partial charge in [-0.1, -0.05) is 11.2 Å². The second-order valence-electron chi connectivity index (χ2n) is 1.86. The minimum atomic E-state index is -0.578. The highest BCUT2D eigenvalue weighted by atomic mass is 32.2. The van der Waals surface area contributed by atoms with E-state index in [2.05, 4.69) is 0 Å². The summed E-state index contributed by atoms with van der Waals surface area (Å²) in [4.78, 5) is 0. The first-order valence-corrected chi connectivity index (χ1v) is 3.88. The molecule has 1 heterocycles. The Hall–Kier alpha value is 0.270. The molecule has 0 saturated carbocycles. The first-order valence-electron chi connectivity index (χ1n) is 2.39. The van der Waals surface area contributed by atoms with Gasteiger partial charge in [-0.2, -0.15) is 0 Å². The van der Waals surface area contributed by atoms with Gasteiger partial charge in [0.25, 0.3) is 0 Å². The molecule has 0 bridgehead atoms. The average molecular weight is 119 g/mol. The molecule has 1 saturated heterocycles. The smallest absolute Gasteiger partial charge is 0.120 e. The molecule has 1 fully saturated rings. The van der Waals surface area contributed by atoms with E-state index in [0.717, 1.165) is 17.9 Å². The van der Waals surface area contributed by atoms with E-state index >= 15 is 0 Å². The lowest BCUT2D eigenvalue weighted by Crippen LogP contribution is -2.20. The topological polar surface area (TPSA) is 49.1 Å². The minimum absolute atomic E-state index is 0.223. The molecule has 2 nitrogen and oxygen atoms in total. The number of nitrogens with two attached hydrogens (primary N) is 1. The van der Waals surface area contributed by atoms with Crippen LogP contribution in [0, 0.1) is 0 Å². The lowest BCUT2D eigenvalue weighted by atomic mass is 10.3. The van der Waals surface area contributed by atoms with Gasteiger partial charge in [-0.3, -0.25) is 0 Å². The standard InChI is InChI=1S/C4H9NOS/c5-4-1-2-7(6)3-4/h4H,1-3,5H2/t4-,7-/m0/s1. The van der Waals surface area contributed by atoms with Crippen LogP contribution in [0.5, 0.6) is 0 Å². The SMILES string of the molecule is N[C@H]1CC[S@+]([O-])C1. The van der Waals surface area contributed by atoms with Gasteiger partial charge in [-0.25, -0.2) is 0 Å². The van der Waals surface area contributed by atoms with Gasteiger partial charge < -0.3 is 10.3 Å². The van der Waals surface area contributed by atoms with Crippen LogP contribution in [0.1, 0.15) is 6.42 Å². The lowest BCUT2D eigenvalue weighted by Gasteiger charge is -1.98. The maximum atomic E-state index is 10.5. The Kier molecular flexibility index (Phi) is 1.57. The number of rotatable bonds is 0. The third-order valence-corrected chi connectivity index (χ3v) is 2.61. The van der Waals surface area contributed by atoms with Crippen molar-refractivity contribution in [1.29, 1.82) is 0 Å². The third-order valence-electron chi connectivity index (χ3n) is 1.12. The Labute approximate surface area is 46.3 Å².